The van der Waals surface area contributed by atoms with E-state index in [1.807, 2.05) is 54.6 Å². The maximum atomic E-state index is 13.0. The van der Waals surface area contributed by atoms with Crippen LogP contribution in [0, 0.1) is 0 Å². The minimum atomic E-state index is -0.751. The highest BCUT2D eigenvalue weighted by molar-refractivity contribution is 6.00. The second-order valence-electron chi connectivity index (χ2n) is 7.33. The van der Waals surface area contributed by atoms with Gasteiger partial charge in [-0.2, -0.15) is 0 Å². The van der Waals surface area contributed by atoms with Gasteiger partial charge < -0.3 is 24.7 Å². The lowest BCUT2D eigenvalue weighted by atomic mass is 10.0. The maximum absolute atomic E-state index is 13.0. The van der Waals surface area contributed by atoms with Crippen molar-refractivity contribution in [1.29, 1.82) is 0 Å². The SMILES string of the molecule is O=C(N[C@@H](Cc1ccccc1)C(=O)Nc1ccc(N2CCOCC2)cc1)c1ccco1. The molecule has 2 amide bonds. The number of hydrogen-bond acceptors (Lipinski definition) is 5. The fourth-order valence-corrected chi connectivity index (χ4v) is 3.50. The van der Waals surface area contributed by atoms with E-state index in [1.54, 1.807) is 12.1 Å². The summed E-state index contributed by atoms with van der Waals surface area (Å²) in [5, 5.41) is 5.70. The Morgan fingerprint density at radius 2 is 1.68 bits per heavy atom. The molecular formula is C24H25N3O4. The minimum absolute atomic E-state index is 0.167. The first-order chi connectivity index (χ1) is 15.2. The lowest BCUT2D eigenvalue weighted by Crippen LogP contribution is -2.45. The van der Waals surface area contributed by atoms with Crippen LogP contribution in [0.1, 0.15) is 16.1 Å². The van der Waals surface area contributed by atoms with Crippen molar-refractivity contribution in [3.63, 3.8) is 0 Å². The molecule has 1 aromatic heterocycles. The lowest BCUT2D eigenvalue weighted by Gasteiger charge is -2.29. The van der Waals surface area contributed by atoms with Crippen LogP contribution in [0.4, 0.5) is 11.4 Å². The molecular weight excluding hydrogens is 394 g/mol. The average molecular weight is 419 g/mol. The predicted octanol–water partition coefficient (Wildman–Crippen LogP) is 3.10. The number of anilines is 2. The molecule has 7 heteroatoms. The van der Waals surface area contributed by atoms with Crippen LogP contribution < -0.4 is 15.5 Å². The molecule has 1 aliphatic heterocycles. The molecule has 2 N–H and O–H groups in total. The smallest absolute Gasteiger partial charge is 0.287 e. The van der Waals surface area contributed by atoms with E-state index in [4.69, 9.17) is 9.15 Å². The van der Waals surface area contributed by atoms with Gasteiger partial charge in [-0.15, -0.1) is 0 Å². The van der Waals surface area contributed by atoms with Gasteiger partial charge in [-0.05, 0) is 42.0 Å². The van der Waals surface area contributed by atoms with Crippen molar-refractivity contribution in [2.45, 2.75) is 12.5 Å². The van der Waals surface area contributed by atoms with E-state index >= 15 is 0 Å². The first-order valence-electron chi connectivity index (χ1n) is 10.3. The highest BCUT2D eigenvalue weighted by atomic mass is 16.5. The molecule has 0 saturated carbocycles. The molecule has 2 aromatic carbocycles. The molecule has 31 heavy (non-hydrogen) atoms. The van der Waals surface area contributed by atoms with Crippen molar-refractivity contribution in [1.82, 2.24) is 5.32 Å². The topological polar surface area (TPSA) is 83.8 Å². The van der Waals surface area contributed by atoms with Crippen molar-refractivity contribution in [2.24, 2.45) is 0 Å². The van der Waals surface area contributed by atoms with Gasteiger partial charge in [0.05, 0.1) is 19.5 Å². The number of carbonyl (C=O) groups is 2. The number of nitrogens with one attached hydrogen (secondary N) is 2. The van der Waals surface area contributed by atoms with Crippen molar-refractivity contribution in [3.8, 4) is 0 Å². The van der Waals surface area contributed by atoms with Gasteiger partial charge in [0.2, 0.25) is 5.91 Å². The van der Waals surface area contributed by atoms with Crippen molar-refractivity contribution in [3.05, 3.63) is 84.3 Å². The normalized spacial score (nSPS) is 14.6. The number of amides is 2. The fourth-order valence-electron chi connectivity index (χ4n) is 3.50. The van der Waals surface area contributed by atoms with Gasteiger partial charge in [0, 0.05) is 30.9 Å². The van der Waals surface area contributed by atoms with E-state index in [2.05, 4.69) is 15.5 Å². The zero-order valence-corrected chi connectivity index (χ0v) is 17.1. The van der Waals surface area contributed by atoms with Gasteiger partial charge in [-0.25, -0.2) is 0 Å². The highest BCUT2D eigenvalue weighted by Crippen LogP contribution is 2.19. The van der Waals surface area contributed by atoms with Crippen molar-refractivity contribution in [2.75, 3.05) is 36.5 Å². The zero-order valence-electron chi connectivity index (χ0n) is 17.1. The van der Waals surface area contributed by atoms with Gasteiger partial charge >= 0.3 is 0 Å². The first kappa shape index (κ1) is 20.7. The van der Waals surface area contributed by atoms with Crippen LogP contribution in [0.3, 0.4) is 0 Å². The molecule has 1 aliphatic rings. The molecule has 0 unspecified atom stereocenters. The quantitative estimate of drug-likeness (QED) is 0.615. The van der Waals surface area contributed by atoms with Crippen LogP contribution in [0.2, 0.25) is 0 Å². The number of benzene rings is 2. The standard InChI is InChI=1S/C24H25N3O4/c28-23(25-19-8-10-20(11-9-19)27-12-15-30-16-13-27)21(17-18-5-2-1-3-6-18)26-24(29)22-7-4-14-31-22/h1-11,14,21H,12-13,15-17H2,(H,25,28)(H,26,29)/t21-/m0/s1. The molecule has 0 aliphatic carbocycles. The van der Waals surface area contributed by atoms with Crippen molar-refractivity contribution >= 4 is 23.2 Å². The van der Waals surface area contributed by atoms with Gasteiger partial charge in [-0.1, -0.05) is 30.3 Å². The summed E-state index contributed by atoms with van der Waals surface area (Å²) in [4.78, 5) is 27.8. The lowest BCUT2D eigenvalue weighted by molar-refractivity contribution is -0.118. The monoisotopic (exact) mass is 419 g/mol. The predicted molar refractivity (Wildman–Crippen MR) is 118 cm³/mol. The third kappa shape index (κ3) is 5.52. The Morgan fingerprint density at radius 1 is 0.935 bits per heavy atom. The molecule has 3 aromatic rings. The van der Waals surface area contributed by atoms with E-state index in [-0.39, 0.29) is 11.7 Å². The summed E-state index contributed by atoms with van der Waals surface area (Å²) in [7, 11) is 0. The molecule has 1 atom stereocenters. The Labute approximate surface area is 181 Å². The van der Waals surface area contributed by atoms with Crippen LogP contribution in [-0.2, 0) is 16.0 Å². The summed E-state index contributed by atoms with van der Waals surface area (Å²) >= 11 is 0. The van der Waals surface area contributed by atoms with Crippen LogP contribution in [-0.4, -0.2) is 44.2 Å². The van der Waals surface area contributed by atoms with Crippen LogP contribution in [0.15, 0.2) is 77.4 Å². The van der Waals surface area contributed by atoms with Crippen molar-refractivity contribution < 1.29 is 18.7 Å². The van der Waals surface area contributed by atoms with E-state index in [9.17, 15) is 9.59 Å². The summed E-state index contributed by atoms with van der Waals surface area (Å²) in [6.45, 7) is 3.14. The number of hydrogen-bond donors (Lipinski definition) is 2. The summed E-state index contributed by atoms with van der Waals surface area (Å²) < 4.78 is 10.5. The highest BCUT2D eigenvalue weighted by Gasteiger charge is 2.23. The molecule has 0 bridgehead atoms. The minimum Gasteiger partial charge on any atom is -0.459 e. The number of carbonyl (C=O) groups excluding carboxylic acids is 2. The fraction of sp³-hybridized carbons (Fsp3) is 0.250. The number of ether oxygens (including phenoxy) is 1. The Balaban J connectivity index is 1.44. The molecule has 4 rings (SSSR count). The summed E-state index contributed by atoms with van der Waals surface area (Å²) in [5.74, 6) is -0.549. The summed E-state index contributed by atoms with van der Waals surface area (Å²) in [6.07, 6.45) is 1.79. The first-order valence-corrected chi connectivity index (χ1v) is 10.3. The van der Waals surface area contributed by atoms with E-state index in [1.165, 1.54) is 6.26 Å². The number of rotatable bonds is 7. The molecule has 160 valence electrons. The number of furan rings is 1. The zero-order chi connectivity index (χ0) is 21.5. The summed E-state index contributed by atoms with van der Waals surface area (Å²) in [6, 6.07) is 19.7. The molecule has 0 spiro atoms. The van der Waals surface area contributed by atoms with Gasteiger partial charge in [-0.3, -0.25) is 9.59 Å². The van der Waals surface area contributed by atoms with E-state index < -0.39 is 11.9 Å². The average Bonchev–Trinajstić information content (AvgIpc) is 3.36. The Kier molecular flexibility index (Phi) is 6.64. The van der Waals surface area contributed by atoms with Gasteiger partial charge in [0.1, 0.15) is 6.04 Å². The maximum Gasteiger partial charge on any atom is 0.287 e. The molecule has 1 fully saturated rings. The van der Waals surface area contributed by atoms with E-state index in [0.717, 1.165) is 37.6 Å². The van der Waals surface area contributed by atoms with Gasteiger partial charge in [0.25, 0.3) is 5.91 Å². The molecule has 2 heterocycles. The second kappa shape index (κ2) is 9.95. The Hall–Kier alpha value is -3.58. The third-order valence-corrected chi connectivity index (χ3v) is 5.16. The number of morpholine rings is 1. The molecule has 7 nitrogen and oxygen atoms in total. The van der Waals surface area contributed by atoms with E-state index in [0.29, 0.717) is 12.1 Å². The van der Waals surface area contributed by atoms with Crippen LogP contribution in [0.5, 0.6) is 0 Å². The summed E-state index contributed by atoms with van der Waals surface area (Å²) in [5.41, 5.74) is 2.71. The Morgan fingerprint density at radius 3 is 2.35 bits per heavy atom. The third-order valence-electron chi connectivity index (χ3n) is 5.16. The van der Waals surface area contributed by atoms with Gasteiger partial charge in [0.15, 0.2) is 5.76 Å². The molecule has 1 saturated heterocycles. The Bertz CT molecular complexity index is 981. The van der Waals surface area contributed by atoms with Crippen LogP contribution >= 0.6 is 0 Å². The second-order valence-corrected chi connectivity index (χ2v) is 7.33. The molecule has 0 radical (unpaired) electrons. The largest absolute Gasteiger partial charge is 0.459 e. The number of nitrogens with zero attached hydrogens (tertiary/aromatic N) is 1. The van der Waals surface area contributed by atoms with Crippen LogP contribution in [0.25, 0.3) is 0 Å².